The number of fused-ring (bicyclic) bond motifs is 1. The van der Waals surface area contributed by atoms with Gasteiger partial charge in [0.15, 0.2) is 6.61 Å². The number of carbonyl (C=O) groups excluding carboxylic acids is 2. The van der Waals surface area contributed by atoms with Gasteiger partial charge in [0, 0.05) is 17.1 Å². The number of aryl methyl sites for hydroxylation is 3. The highest BCUT2D eigenvalue weighted by molar-refractivity contribution is 5.95. The van der Waals surface area contributed by atoms with Gasteiger partial charge in [-0.25, -0.2) is 9.78 Å². The molecule has 5 nitrogen and oxygen atoms in total. The van der Waals surface area contributed by atoms with Gasteiger partial charge in [0.25, 0.3) is 5.91 Å². The molecule has 1 N–H and O–H groups in total. The molecule has 0 aliphatic rings. The minimum absolute atomic E-state index is 0.346. The van der Waals surface area contributed by atoms with Gasteiger partial charge in [0.1, 0.15) is 0 Å². The van der Waals surface area contributed by atoms with Crippen molar-refractivity contribution in [2.45, 2.75) is 20.8 Å². The lowest BCUT2D eigenvalue weighted by molar-refractivity contribution is -0.142. The first-order chi connectivity index (χ1) is 13.4. The Kier molecular flexibility index (Phi) is 5.84. The van der Waals surface area contributed by atoms with Crippen LogP contribution in [-0.2, 0) is 14.3 Å². The molecule has 1 heterocycles. The van der Waals surface area contributed by atoms with Gasteiger partial charge in [-0.1, -0.05) is 42.0 Å². The number of hydrogen-bond acceptors (Lipinski definition) is 4. The lowest BCUT2D eigenvalue weighted by atomic mass is 10.1. The summed E-state index contributed by atoms with van der Waals surface area (Å²) in [5.74, 6) is -0.969. The summed E-state index contributed by atoms with van der Waals surface area (Å²) in [5, 5.41) is 3.83. The zero-order valence-corrected chi connectivity index (χ0v) is 16.2. The number of aromatic nitrogens is 1. The van der Waals surface area contributed by atoms with Crippen LogP contribution in [0.2, 0.25) is 0 Å². The zero-order chi connectivity index (χ0) is 20.1. The molecule has 2 aromatic carbocycles. The topological polar surface area (TPSA) is 68.3 Å². The first-order valence-corrected chi connectivity index (χ1v) is 9.01. The summed E-state index contributed by atoms with van der Waals surface area (Å²) >= 11 is 0. The lowest BCUT2D eigenvalue weighted by Crippen LogP contribution is -2.21. The van der Waals surface area contributed by atoms with Gasteiger partial charge in [0.05, 0.1) is 11.2 Å². The monoisotopic (exact) mass is 374 g/mol. The van der Waals surface area contributed by atoms with E-state index >= 15 is 0 Å². The van der Waals surface area contributed by atoms with Crippen LogP contribution in [0.15, 0.2) is 54.6 Å². The fourth-order valence-corrected chi connectivity index (χ4v) is 3.07. The molecule has 0 bridgehead atoms. The second kappa shape index (κ2) is 8.48. The smallest absolute Gasteiger partial charge is 0.331 e. The Morgan fingerprint density at radius 1 is 1.04 bits per heavy atom. The third kappa shape index (κ3) is 4.82. The van der Waals surface area contributed by atoms with Gasteiger partial charge < -0.3 is 10.1 Å². The number of nitrogens with zero attached hydrogens (tertiary/aromatic N) is 1. The molecule has 0 fully saturated rings. The van der Waals surface area contributed by atoms with Crippen molar-refractivity contribution in [1.82, 2.24) is 4.98 Å². The summed E-state index contributed by atoms with van der Waals surface area (Å²) in [6, 6.07) is 15.5. The average molecular weight is 374 g/mol. The Labute approximate surface area is 164 Å². The van der Waals surface area contributed by atoms with E-state index in [1.807, 2.05) is 69.3 Å². The van der Waals surface area contributed by atoms with Crippen molar-refractivity contribution in [3.63, 3.8) is 0 Å². The second-order valence-electron chi connectivity index (χ2n) is 6.69. The van der Waals surface area contributed by atoms with Gasteiger partial charge in [-0.3, -0.25) is 4.79 Å². The van der Waals surface area contributed by atoms with Crippen molar-refractivity contribution < 1.29 is 14.3 Å². The molecule has 0 saturated heterocycles. The Bertz CT molecular complexity index is 1050. The van der Waals surface area contributed by atoms with Crippen molar-refractivity contribution in [1.29, 1.82) is 0 Å². The molecule has 0 aliphatic heterocycles. The third-order valence-corrected chi connectivity index (χ3v) is 4.30. The molecule has 0 radical (unpaired) electrons. The number of pyridine rings is 1. The molecule has 0 spiro atoms. The van der Waals surface area contributed by atoms with Crippen molar-refractivity contribution in [2.24, 2.45) is 0 Å². The number of esters is 1. The largest absolute Gasteiger partial charge is 0.452 e. The summed E-state index contributed by atoms with van der Waals surface area (Å²) in [5.41, 5.74) is 5.32. The fraction of sp³-hybridized carbons (Fsp3) is 0.174. The van der Waals surface area contributed by atoms with Crippen LogP contribution < -0.4 is 5.32 Å². The third-order valence-electron chi connectivity index (χ3n) is 4.30. The molecule has 28 heavy (non-hydrogen) atoms. The number of hydrogen-bond donors (Lipinski definition) is 1. The Morgan fingerprint density at radius 2 is 1.75 bits per heavy atom. The molecule has 0 unspecified atom stereocenters. The molecule has 0 atom stereocenters. The number of amides is 1. The van der Waals surface area contributed by atoms with Gasteiger partial charge in [-0.15, -0.1) is 0 Å². The molecule has 3 aromatic rings. The number of anilines is 1. The van der Waals surface area contributed by atoms with Crippen LogP contribution in [0.5, 0.6) is 0 Å². The zero-order valence-electron chi connectivity index (χ0n) is 16.2. The first kappa shape index (κ1) is 19.3. The van der Waals surface area contributed by atoms with Crippen LogP contribution in [0.25, 0.3) is 17.0 Å². The molecule has 1 amide bonds. The van der Waals surface area contributed by atoms with E-state index in [-0.39, 0.29) is 12.5 Å². The van der Waals surface area contributed by atoms with E-state index in [0.717, 1.165) is 33.3 Å². The number of ether oxygens (including phenoxy) is 1. The van der Waals surface area contributed by atoms with Crippen molar-refractivity contribution in [3.8, 4) is 0 Å². The van der Waals surface area contributed by atoms with Crippen LogP contribution >= 0.6 is 0 Å². The van der Waals surface area contributed by atoms with Gasteiger partial charge in [-0.05, 0) is 50.1 Å². The molecular weight excluding hydrogens is 352 g/mol. The normalized spacial score (nSPS) is 11.0. The van der Waals surface area contributed by atoms with E-state index in [4.69, 9.17) is 4.74 Å². The van der Waals surface area contributed by atoms with Crippen LogP contribution in [0.3, 0.4) is 0 Å². The van der Waals surface area contributed by atoms with Crippen LogP contribution in [-0.4, -0.2) is 23.5 Å². The highest BCUT2D eigenvalue weighted by Crippen LogP contribution is 2.21. The van der Waals surface area contributed by atoms with E-state index in [2.05, 4.69) is 10.3 Å². The Morgan fingerprint density at radius 3 is 2.50 bits per heavy atom. The van der Waals surface area contributed by atoms with Crippen molar-refractivity contribution >= 4 is 34.5 Å². The summed E-state index contributed by atoms with van der Waals surface area (Å²) in [6.07, 6.45) is 2.84. The maximum atomic E-state index is 12.1. The lowest BCUT2D eigenvalue weighted by Gasteiger charge is -2.12. The number of rotatable bonds is 5. The van der Waals surface area contributed by atoms with Crippen LogP contribution in [0.1, 0.15) is 22.4 Å². The number of para-hydroxylation sites is 1. The SMILES string of the molecule is Cc1cc(C)c(NC(=O)COC(=O)/C=C/c2ccc3ccccc3n2)c(C)c1. The predicted molar refractivity (Wildman–Crippen MR) is 111 cm³/mol. The van der Waals surface area contributed by atoms with E-state index in [9.17, 15) is 9.59 Å². The minimum Gasteiger partial charge on any atom is -0.452 e. The van der Waals surface area contributed by atoms with Crippen LogP contribution in [0, 0.1) is 20.8 Å². The molecule has 0 saturated carbocycles. The minimum atomic E-state index is -0.595. The average Bonchev–Trinajstić information content (AvgIpc) is 2.67. The van der Waals surface area contributed by atoms with E-state index < -0.39 is 5.97 Å². The molecule has 0 aliphatic carbocycles. The second-order valence-corrected chi connectivity index (χ2v) is 6.69. The number of carbonyl (C=O) groups is 2. The van der Waals surface area contributed by atoms with Gasteiger partial charge in [0.2, 0.25) is 0 Å². The highest BCUT2D eigenvalue weighted by atomic mass is 16.5. The van der Waals surface area contributed by atoms with E-state index in [1.165, 1.54) is 6.08 Å². The molecule has 1 aromatic heterocycles. The van der Waals surface area contributed by atoms with Gasteiger partial charge >= 0.3 is 5.97 Å². The first-order valence-electron chi connectivity index (χ1n) is 9.01. The van der Waals surface area contributed by atoms with E-state index in [1.54, 1.807) is 6.08 Å². The maximum absolute atomic E-state index is 12.1. The molecule has 142 valence electrons. The van der Waals surface area contributed by atoms with Crippen LogP contribution in [0.4, 0.5) is 5.69 Å². The number of nitrogens with one attached hydrogen (secondary N) is 1. The van der Waals surface area contributed by atoms with Gasteiger partial charge in [-0.2, -0.15) is 0 Å². The Hall–Kier alpha value is -3.47. The standard InChI is InChI=1S/C23H22N2O3/c1-15-12-16(2)23(17(3)13-15)25-21(26)14-28-22(27)11-10-19-9-8-18-6-4-5-7-20(18)24-19/h4-13H,14H2,1-3H3,(H,25,26)/b11-10+. The molecule has 3 rings (SSSR count). The molecule has 5 heteroatoms. The fourth-order valence-electron chi connectivity index (χ4n) is 3.07. The van der Waals surface area contributed by atoms with Crippen molar-refractivity contribution in [3.05, 3.63) is 77.0 Å². The summed E-state index contributed by atoms with van der Waals surface area (Å²) in [4.78, 5) is 28.5. The molecular formula is C23H22N2O3. The highest BCUT2D eigenvalue weighted by Gasteiger charge is 2.10. The summed E-state index contributed by atoms with van der Waals surface area (Å²) < 4.78 is 5.02. The quantitative estimate of drug-likeness (QED) is 0.532. The summed E-state index contributed by atoms with van der Waals surface area (Å²) in [7, 11) is 0. The number of benzene rings is 2. The predicted octanol–water partition coefficient (Wildman–Crippen LogP) is 4.36. The summed E-state index contributed by atoms with van der Waals surface area (Å²) in [6.45, 7) is 5.52. The van der Waals surface area contributed by atoms with Crippen molar-refractivity contribution in [2.75, 3.05) is 11.9 Å². The maximum Gasteiger partial charge on any atom is 0.331 e. The Balaban J connectivity index is 1.56. The van der Waals surface area contributed by atoms with E-state index in [0.29, 0.717) is 5.69 Å².